The quantitative estimate of drug-likeness (QED) is 0.857. The SMILES string of the molecule is C[C@H]1[C@H](C)CCC[C@@H]1N1CN=C(NS(=O)(=O)c2ccc(F)cc2)NC1. The summed E-state index contributed by atoms with van der Waals surface area (Å²) in [5.41, 5.74) is 0. The average Bonchev–Trinajstić information content (AvgIpc) is 2.58. The van der Waals surface area contributed by atoms with E-state index in [4.69, 9.17) is 0 Å². The van der Waals surface area contributed by atoms with E-state index in [2.05, 4.69) is 33.8 Å². The standard InChI is InChI=1S/C17H25FN4O2S/c1-12-4-3-5-16(13(12)2)22-10-19-17(20-11-22)21-25(23,24)15-8-6-14(18)7-9-15/h6-9,12-13,16H,3-5,10-11H2,1-2H3,(H2,19,20,21)/t12-,13+,16+/m1/s1. The Morgan fingerprint density at radius 2 is 1.96 bits per heavy atom. The summed E-state index contributed by atoms with van der Waals surface area (Å²) in [6.07, 6.45) is 3.64. The van der Waals surface area contributed by atoms with Crippen LogP contribution in [0.3, 0.4) is 0 Å². The highest BCUT2D eigenvalue weighted by molar-refractivity contribution is 7.90. The molecule has 8 heteroatoms. The summed E-state index contributed by atoms with van der Waals surface area (Å²) in [5, 5.41) is 3.05. The molecule has 0 saturated heterocycles. The minimum absolute atomic E-state index is 0.00978. The zero-order chi connectivity index (χ0) is 18.0. The van der Waals surface area contributed by atoms with Gasteiger partial charge in [-0.15, -0.1) is 0 Å². The van der Waals surface area contributed by atoms with E-state index in [0.717, 1.165) is 18.6 Å². The summed E-state index contributed by atoms with van der Waals surface area (Å²) in [6, 6.07) is 5.18. The van der Waals surface area contributed by atoms with Crippen LogP contribution in [0.4, 0.5) is 4.39 Å². The number of rotatable bonds is 3. The fourth-order valence-corrected chi connectivity index (χ4v) is 4.61. The number of benzene rings is 1. The van der Waals surface area contributed by atoms with Crippen LogP contribution in [0.5, 0.6) is 0 Å². The third-order valence-electron chi connectivity index (χ3n) is 5.35. The number of halogens is 1. The largest absolute Gasteiger partial charge is 0.343 e. The smallest absolute Gasteiger partial charge is 0.264 e. The number of hydrogen-bond acceptors (Lipinski definition) is 5. The summed E-state index contributed by atoms with van der Waals surface area (Å²) < 4.78 is 40.0. The molecule has 0 aromatic heterocycles. The molecular weight excluding hydrogens is 343 g/mol. The first kappa shape index (κ1) is 18.1. The van der Waals surface area contributed by atoms with Crippen LogP contribution in [-0.4, -0.2) is 38.7 Å². The van der Waals surface area contributed by atoms with Gasteiger partial charge in [-0.3, -0.25) is 4.90 Å². The van der Waals surface area contributed by atoms with E-state index in [-0.39, 0.29) is 10.9 Å². The predicted octanol–water partition coefficient (Wildman–Crippen LogP) is 2.10. The van der Waals surface area contributed by atoms with Gasteiger partial charge in [0.1, 0.15) is 5.82 Å². The van der Waals surface area contributed by atoms with Gasteiger partial charge in [-0.2, -0.15) is 0 Å². The normalized spacial score (nSPS) is 28.1. The van der Waals surface area contributed by atoms with Crippen molar-refractivity contribution in [2.24, 2.45) is 16.8 Å². The Bertz CT molecular complexity index is 736. The van der Waals surface area contributed by atoms with Crippen LogP contribution in [0.15, 0.2) is 34.2 Å². The highest BCUT2D eigenvalue weighted by Crippen LogP contribution is 2.32. The fraction of sp³-hybridized carbons (Fsp3) is 0.588. The predicted molar refractivity (Wildman–Crippen MR) is 94.8 cm³/mol. The van der Waals surface area contributed by atoms with E-state index in [0.29, 0.717) is 31.2 Å². The molecule has 1 aliphatic heterocycles. The summed E-state index contributed by atoms with van der Waals surface area (Å²) in [4.78, 5) is 6.61. The molecular formula is C17H25FN4O2S. The van der Waals surface area contributed by atoms with E-state index in [1.807, 2.05) is 0 Å². The summed E-state index contributed by atoms with van der Waals surface area (Å²) in [7, 11) is -3.77. The van der Waals surface area contributed by atoms with E-state index in [9.17, 15) is 12.8 Å². The molecule has 3 rings (SSSR count). The lowest BCUT2D eigenvalue weighted by Crippen LogP contribution is -2.55. The van der Waals surface area contributed by atoms with Gasteiger partial charge in [0.15, 0.2) is 0 Å². The van der Waals surface area contributed by atoms with E-state index < -0.39 is 15.8 Å². The molecule has 138 valence electrons. The summed E-state index contributed by atoms with van der Waals surface area (Å²) in [6.45, 7) is 5.60. The number of sulfonamides is 1. The zero-order valence-corrected chi connectivity index (χ0v) is 15.4. The van der Waals surface area contributed by atoms with Crippen molar-refractivity contribution in [3.05, 3.63) is 30.1 Å². The molecule has 1 saturated carbocycles. The van der Waals surface area contributed by atoms with Crippen molar-refractivity contribution in [3.63, 3.8) is 0 Å². The van der Waals surface area contributed by atoms with Gasteiger partial charge in [-0.05, 0) is 42.5 Å². The highest BCUT2D eigenvalue weighted by atomic mass is 32.2. The first-order valence-electron chi connectivity index (χ1n) is 8.67. The van der Waals surface area contributed by atoms with Crippen molar-refractivity contribution < 1.29 is 12.8 Å². The molecule has 0 radical (unpaired) electrons. The Morgan fingerprint density at radius 3 is 2.60 bits per heavy atom. The second-order valence-corrected chi connectivity index (χ2v) is 8.65. The lowest BCUT2D eigenvalue weighted by atomic mass is 9.77. The molecule has 2 aliphatic rings. The molecule has 1 aromatic carbocycles. The Labute approximate surface area is 148 Å². The van der Waals surface area contributed by atoms with Crippen molar-refractivity contribution in [2.45, 2.75) is 44.0 Å². The number of nitrogens with zero attached hydrogens (tertiary/aromatic N) is 2. The number of nitrogens with one attached hydrogen (secondary N) is 2. The monoisotopic (exact) mass is 368 g/mol. The molecule has 1 fully saturated rings. The molecule has 6 nitrogen and oxygen atoms in total. The number of hydrogen-bond donors (Lipinski definition) is 2. The molecule has 1 aromatic rings. The molecule has 0 amide bonds. The average molecular weight is 368 g/mol. The number of guanidine groups is 1. The Hall–Kier alpha value is -1.67. The highest BCUT2D eigenvalue weighted by Gasteiger charge is 2.32. The maximum atomic E-state index is 13.0. The molecule has 0 spiro atoms. The van der Waals surface area contributed by atoms with Crippen LogP contribution in [0.25, 0.3) is 0 Å². The van der Waals surface area contributed by atoms with Crippen molar-refractivity contribution in [1.29, 1.82) is 0 Å². The van der Waals surface area contributed by atoms with Gasteiger partial charge in [0.2, 0.25) is 5.96 Å². The van der Waals surface area contributed by atoms with Crippen molar-refractivity contribution >= 4 is 16.0 Å². The van der Waals surface area contributed by atoms with E-state index >= 15 is 0 Å². The van der Waals surface area contributed by atoms with Gasteiger partial charge in [0.25, 0.3) is 10.0 Å². The second kappa shape index (κ2) is 7.29. The summed E-state index contributed by atoms with van der Waals surface area (Å²) >= 11 is 0. The molecule has 1 heterocycles. The second-order valence-electron chi connectivity index (χ2n) is 6.97. The Morgan fingerprint density at radius 1 is 1.24 bits per heavy atom. The molecule has 0 unspecified atom stereocenters. The molecule has 25 heavy (non-hydrogen) atoms. The van der Waals surface area contributed by atoms with Gasteiger partial charge in [-0.25, -0.2) is 22.5 Å². The maximum absolute atomic E-state index is 13.0. The zero-order valence-electron chi connectivity index (χ0n) is 14.6. The summed E-state index contributed by atoms with van der Waals surface area (Å²) in [5.74, 6) is 1.06. The van der Waals surface area contributed by atoms with Crippen LogP contribution in [-0.2, 0) is 10.0 Å². The van der Waals surface area contributed by atoms with Crippen molar-refractivity contribution in [3.8, 4) is 0 Å². The van der Waals surface area contributed by atoms with Crippen LogP contribution in [0, 0.1) is 17.7 Å². The molecule has 2 N–H and O–H groups in total. The van der Waals surface area contributed by atoms with Gasteiger partial charge in [0, 0.05) is 6.04 Å². The Kier molecular flexibility index (Phi) is 5.29. The third-order valence-corrected chi connectivity index (χ3v) is 6.70. The minimum atomic E-state index is -3.77. The maximum Gasteiger partial charge on any atom is 0.264 e. The van der Waals surface area contributed by atoms with Crippen molar-refractivity contribution in [1.82, 2.24) is 14.9 Å². The van der Waals surface area contributed by atoms with Crippen LogP contribution in [0.2, 0.25) is 0 Å². The third kappa shape index (κ3) is 4.12. The van der Waals surface area contributed by atoms with Crippen LogP contribution >= 0.6 is 0 Å². The van der Waals surface area contributed by atoms with Gasteiger partial charge < -0.3 is 5.32 Å². The molecule has 0 bridgehead atoms. The van der Waals surface area contributed by atoms with Gasteiger partial charge >= 0.3 is 0 Å². The molecule has 3 atom stereocenters. The first-order chi connectivity index (χ1) is 11.9. The first-order valence-corrected chi connectivity index (χ1v) is 10.2. The lowest BCUT2D eigenvalue weighted by Gasteiger charge is -2.42. The van der Waals surface area contributed by atoms with E-state index in [1.165, 1.54) is 25.0 Å². The Balaban J connectivity index is 1.64. The van der Waals surface area contributed by atoms with Crippen LogP contribution < -0.4 is 10.0 Å². The fourth-order valence-electron chi connectivity index (χ4n) is 3.60. The van der Waals surface area contributed by atoms with Crippen LogP contribution in [0.1, 0.15) is 33.1 Å². The van der Waals surface area contributed by atoms with Gasteiger partial charge in [0.05, 0.1) is 18.2 Å². The van der Waals surface area contributed by atoms with E-state index in [1.54, 1.807) is 0 Å². The lowest BCUT2D eigenvalue weighted by molar-refractivity contribution is 0.0768. The topological polar surface area (TPSA) is 73.8 Å². The van der Waals surface area contributed by atoms with Crippen molar-refractivity contribution in [2.75, 3.05) is 13.3 Å². The minimum Gasteiger partial charge on any atom is -0.343 e. The molecule has 1 aliphatic carbocycles. The number of aliphatic imine (C=N–C) groups is 1. The van der Waals surface area contributed by atoms with Gasteiger partial charge in [-0.1, -0.05) is 26.7 Å².